The number of carboxylic acids is 1. The minimum absolute atomic E-state index is 0.160. The minimum atomic E-state index is -0.977. The van der Waals surface area contributed by atoms with Gasteiger partial charge in [-0.15, -0.1) is 0 Å². The summed E-state index contributed by atoms with van der Waals surface area (Å²) in [6, 6.07) is 21.0. The van der Waals surface area contributed by atoms with Crippen LogP contribution in [0.4, 0.5) is 11.4 Å². The summed E-state index contributed by atoms with van der Waals surface area (Å²) in [4.78, 5) is 15.9. The first-order chi connectivity index (χ1) is 18.6. The maximum Gasteiger partial charge on any atom is 0.335 e. The summed E-state index contributed by atoms with van der Waals surface area (Å²) in [6.07, 6.45) is -0.0572. The fourth-order valence-electron chi connectivity index (χ4n) is 4.79. The van der Waals surface area contributed by atoms with Crippen molar-refractivity contribution >= 4 is 17.3 Å². The third-order valence-electron chi connectivity index (χ3n) is 7.15. The number of carboxylic acid groups (broad SMARTS) is 1. The summed E-state index contributed by atoms with van der Waals surface area (Å²) in [5, 5.41) is 24.1. The van der Waals surface area contributed by atoms with E-state index in [2.05, 4.69) is 91.2 Å². The molecule has 6 heteroatoms. The number of hydrogen-bond donors (Lipinski definition) is 3. The third kappa shape index (κ3) is 7.41. The molecule has 3 aromatic carbocycles. The normalized spacial score (nSPS) is 14.8. The molecule has 3 aromatic rings. The van der Waals surface area contributed by atoms with E-state index in [1.165, 1.54) is 17.7 Å². The van der Waals surface area contributed by atoms with Crippen molar-refractivity contribution in [1.29, 1.82) is 0 Å². The SMILES string of the molecule is CN1CCN(c2cc(C(O)C#Cc3ccc(C(=O)O)cc3)cc(C(C)(C)C)c2NCCc2ccccc2)CC1. The summed E-state index contributed by atoms with van der Waals surface area (Å²) in [5.74, 6) is 5.01. The van der Waals surface area contributed by atoms with Crippen molar-refractivity contribution in [2.45, 2.75) is 38.7 Å². The molecule has 1 saturated heterocycles. The Morgan fingerprint density at radius 2 is 1.67 bits per heavy atom. The first kappa shape index (κ1) is 28.2. The van der Waals surface area contributed by atoms with Crippen LogP contribution >= 0.6 is 0 Å². The van der Waals surface area contributed by atoms with Gasteiger partial charge in [0.2, 0.25) is 0 Å². The Balaban J connectivity index is 1.68. The Kier molecular flexibility index (Phi) is 8.96. The first-order valence-electron chi connectivity index (χ1n) is 13.5. The van der Waals surface area contributed by atoms with E-state index in [4.69, 9.17) is 5.11 Å². The zero-order valence-electron chi connectivity index (χ0n) is 23.4. The summed E-state index contributed by atoms with van der Waals surface area (Å²) in [7, 11) is 2.15. The van der Waals surface area contributed by atoms with Gasteiger partial charge in [0.15, 0.2) is 0 Å². The Hall–Kier alpha value is -3.79. The molecule has 0 radical (unpaired) electrons. The van der Waals surface area contributed by atoms with Crippen LogP contribution in [0.3, 0.4) is 0 Å². The number of nitrogens with zero attached hydrogens (tertiary/aromatic N) is 2. The first-order valence-corrected chi connectivity index (χ1v) is 13.5. The lowest BCUT2D eigenvalue weighted by atomic mass is 9.83. The Labute approximate surface area is 232 Å². The molecule has 39 heavy (non-hydrogen) atoms. The van der Waals surface area contributed by atoms with E-state index in [0.29, 0.717) is 5.56 Å². The van der Waals surface area contributed by atoms with Crippen LogP contribution in [0.1, 0.15) is 59.5 Å². The second-order valence-corrected chi connectivity index (χ2v) is 11.2. The van der Waals surface area contributed by atoms with Gasteiger partial charge in [0.25, 0.3) is 0 Å². The number of carbonyl (C=O) groups is 1. The predicted molar refractivity (Wildman–Crippen MR) is 159 cm³/mol. The highest BCUT2D eigenvalue weighted by atomic mass is 16.4. The van der Waals surface area contributed by atoms with Crippen molar-refractivity contribution in [3.05, 3.63) is 94.5 Å². The summed E-state index contributed by atoms with van der Waals surface area (Å²) < 4.78 is 0. The number of rotatable bonds is 7. The number of benzene rings is 3. The summed E-state index contributed by atoms with van der Waals surface area (Å²) >= 11 is 0. The van der Waals surface area contributed by atoms with Crippen molar-refractivity contribution in [3.63, 3.8) is 0 Å². The van der Waals surface area contributed by atoms with Crippen molar-refractivity contribution < 1.29 is 15.0 Å². The van der Waals surface area contributed by atoms with Crippen LogP contribution in [0.2, 0.25) is 0 Å². The van der Waals surface area contributed by atoms with Gasteiger partial charge in [-0.2, -0.15) is 0 Å². The average Bonchev–Trinajstić information content (AvgIpc) is 2.92. The smallest absolute Gasteiger partial charge is 0.335 e. The predicted octanol–water partition coefficient (Wildman–Crippen LogP) is 5.17. The van der Waals surface area contributed by atoms with Gasteiger partial charge in [-0.1, -0.05) is 62.9 Å². The molecule has 0 saturated carbocycles. The van der Waals surface area contributed by atoms with E-state index in [0.717, 1.165) is 61.6 Å². The average molecular weight is 526 g/mol. The molecule has 1 atom stereocenters. The number of aromatic carboxylic acids is 1. The van der Waals surface area contributed by atoms with Gasteiger partial charge in [0.1, 0.15) is 6.10 Å². The molecule has 1 aliphatic rings. The minimum Gasteiger partial charge on any atom is -0.478 e. The van der Waals surface area contributed by atoms with Crippen molar-refractivity contribution in [1.82, 2.24) is 4.90 Å². The van der Waals surface area contributed by atoms with Gasteiger partial charge < -0.3 is 25.3 Å². The molecule has 0 aromatic heterocycles. The number of nitrogens with one attached hydrogen (secondary N) is 1. The molecule has 1 heterocycles. The molecule has 0 spiro atoms. The van der Waals surface area contributed by atoms with Crippen LogP contribution in [0.15, 0.2) is 66.7 Å². The lowest BCUT2D eigenvalue weighted by molar-refractivity contribution is 0.0697. The highest BCUT2D eigenvalue weighted by molar-refractivity contribution is 5.87. The molecule has 0 amide bonds. The van der Waals surface area contributed by atoms with Crippen LogP contribution in [0.5, 0.6) is 0 Å². The lowest BCUT2D eigenvalue weighted by Crippen LogP contribution is -2.45. The molecule has 1 unspecified atom stereocenters. The molecule has 4 rings (SSSR count). The number of anilines is 2. The summed E-state index contributed by atoms with van der Waals surface area (Å²) in [5.41, 5.74) is 6.14. The quantitative estimate of drug-likeness (QED) is 0.370. The Morgan fingerprint density at radius 3 is 2.28 bits per heavy atom. The van der Waals surface area contributed by atoms with Crippen LogP contribution < -0.4 is 10.2 Å². The number of piperazine rings is 1. The van der Waals surface area contributed by atoms with E-state index in [1.54, 1.807) is 12.1 Å². The van der Waals surface area contributed by atoms with Gasteiger partial charge in [-0.05, 0) is 72.0 Å². The molecule has 1 fully saturated rings. The standard InChI is InChI=1S/C33H39N3O3/c1-33(2,3)28-22-27(30(37)15-12-25-10-13-26(14-11-25)32(38)39)23-29(36-20-18-35(4)19-21-36)31(28)34-17-16-24-8-6-5-7-9-24/h5-11,13-14,22-23,30,34,37H,16-21H2,1-4H3,(H,38,39). The molecule has 0 bridgehead atoms. The second-order valence-electron chi connectivity index (χ2n) is 11.2. The van der Waals surface area contributed by atoms with Gasteiger partial charge in [0.05, 0.1) is 16.9 Å². The fourth-order valence-corrected chi connectivity index (χ4v) is 4.79. The molecule has 204 valence electrons. The molecular formula is C33H39N3O3. The zero-order valence-corrected chi connectivity index (χ0v) is 23.4. The zero-order chi connectivity index (χ0) is 28.0. The van der Waals surface area contributed by atoms with Gasteiger partial charge >= 0.3 is 5.97 Å². The van der Waals surface area contributed by atoms with E-state index in [-0.39, 0.29) is 11.0 Å². The maximum absolute atomic E-state index is 11.2. The van der Waals surface area contributed by atoms with Crippen LogP contribution in [0, 0.1) is 11.8 Å². The maximum atomic E-state index is 11.2. The van der Waals surface area contributed by atoms with Crippen molar-refractivity contribution in [3.8, 4) is 11.8 Å². The number of likely N-dealkylation sites (N-methyl/N-ethyl adjacent to an activating group) is 1. The number of aliphatic hydroxyl groups excluding tert-OH is 1. The van der Waals surface area contributed by atoms with Gasteiger partial charge in [-0.25, -0.2) is 4.79 Å². The highest BCUT2D eigenvalue weighted by Crippen LogP contribution is 2.40. The van der Waals surface area contributed by atoms with Gasteiger partial charge in [0, 0.05) is 38.3 Å². The van der Waals surface area contributed by atoms with Crippen molar-refractivity contribution in [2.75, 3.05) is 50.0 Å². The van der Waals surface area contributed by atoms with E-state index in [9.17, 15) is 9.90 Å². The Bertz CT molecular complexity index is 1330. The molecule has 3 N–H and O–H groups in total. The highest BCUT2D eigenvalue weighted by Gasteiger charge is 2.26. The second kappa shape index (κ2) is 12.4. The number of hydrogen-bond acceptors (Lipinski definition) is 5. The number of aliphatic hydroxyl groups is 1. The topological polar surface area (TPSA) is 76.0 Å². The summed E-state index contributed by atoms with van der Waals surface area (Å²) in [6.45, 7) is 11.2. The van der Waals surface area contributed by atoms with Crippen LogP contribution in [0.25, 0.3) is 0 Å². The lowest BCUT2D eigenvalue weighted by Gasteiger charge is -2.37. The monoisotopic (exact) mass is 525 g/mol. The largest absolute Gasteiger partial charge is 0.478 e. The van der Waals surface area contributed by atoms with Crippen LogP contribution in [-0.2, 0) is 11.8 Å². The molecule has 1 aliphatic heterocycles. The van der Waals surface area contributed by atoms with E-state index >= 15 is 0 Å². The van der Waals surface area contributed by atoms with Gasteiger partial charge in [-0.3, -0.25) is 0 Å². The molecule has 6 nitrogen and oxygen atoms in total. The van der Waals surface area contributed by atoms with E-state index < -0.39 is 12.1 Å². The van der Waals surface area contributed by atoms with E-state index in [1.807, 2.05) is 6.07 Å². The van der Waals surface area contributed by atoms with Crippen LogP contribution in [-0.4, -0.2) is 60.9 Å². The Morgan fingerprint density at radius 1 is 1.00 bits per heavy atom. The molecule has 0 aliphatic carbocycles. The third-order valence-corrected chi connectivity index (χ3v) is 7.15. The van der Waals surface area contributed by atoms with Crippen molar-refractivity contribution in [2.24, 2.45) is 0 Å². The molecular weight excluding hydrogens is 486 g/mol. The fraction of sp³-hybridized carbons (Fsp3) is 0.364.